The van der Waals surface area contributed by atoms with Gasteiger partial charge in [-0.1, -0.05) is 35.5 Å². The van der Waals surface area contributed by atoms with Crippen LogP contribution < -0.4 is 5.32 Å². The number of anilines is 1. The summed E-state index contributed by atoms with van der Waals surface area (Å²) in [5.41, 5.74) is 1.78. The average Bonchev–Trinajstić information content (AvgIpc) is 2.94. The minimum absolute atomic E-state index is 0.0376. The number of carbonyl (C=O) groups excluding carboxylic acids is 1. The van der Waals surface area contributed by atoms with Crippen molar-refractivity contribution < 1.29 is 9.32 Å². The van der Waals surface area contributed by atoms with E-state index >= 15 is 0 Å². The fourth-order valence-electron chi connectivity index (χ4n) is 3.52. The molecule has 1 aromatic heterocycles. The second-order valence-corrected chi connectivity index (χ2v) is 7.04. The number of nitrogens with one attached hydrogen (secondary N) is 1. The molecule has 0 aliphatic carbocycles. The summed E-state index contributed by atoms with van der Waals surface area (Å²) in [4.78, 5) is 16.9. The van der Waals surface area contributed by atoms with Crippen molar-refractivity contribution in [2.75, 3.05) is 31.5 Å². The predicted octanol–water partition coefficient (Wildman–Crippen LogP) is 3.88. The molecule has 0 unspecified atom stereocenters. The van der Waals surface area contributed by atoms with Crippen LogP contribution in [-0.2, 0) is 6.54 Å². The van der Waals surface area contributed by atoms with Gasteiger partial charge >= 0.3 is 6.03 Å². The van der Waals surface area contributed by atoms with Gasteiger partial charge in [0.25, 0.3) is 0 Å². The predicted molar refractivity (Wildman–Crippen MR) is 106 cm³/mol. The van der Waals surface area contributed by atoms with E-state index < -0.39 is 0 Å². The number of carbonyl (C=O) groups is 1. The van der Waals surface area contributed by atoms with E-state index in [9.17, 15) is 4.79 Å². The van der Waals surface area contributed by atoms with Crippen molar-refractivity contribution in [1.82, 2.24) is 15.0 Å². The van der Waals surface area contributed by atoms with E-state index in [-0.39, 0.29) is 6.03 Å². The first kappa shape index (κ1) is 17.5. The van der Waals surface area contributed by atoms with Crippen LogP contribution in [0.15, 0.2) is 53.1 Å². The highest BCUT2D eigenvalue weighted by molar-refractivity contribution is 5.93. The zero-order valence-electron chi connectivity index (χ0n) is 15.5. The van der Waals surface area contributed by atoms with Crippen molar-refractivity contribution in [3.63, 3.8) is 0 Å². The molecule has 27 heavy (non-hydrogen) atoms. The lowest BCUT2D eigenvalue weighted by molar-refractivity contribution is 0.210. The van der Waals surface area contributed by atoms with Crippen LogP contribution in [0.2, 0.25) is 0 Å². The molecule has 0 atom stereocenters. The molecule has 1 N–H and O–H groups in total. The highest BCUT2D eigenvalue weighted by Crippen LogP contribution is 2.19. The van der Waals surface area contributed by atoms with Crippen LogP contribution in [0.3, 0.4) is 0 Å². The number of rotatable bonds is 3. The van der Waals surface area contributed by atoms with Gasteiger partial charge in [-0.2, -0.15) is 0 Å². The van der Waals surface area contributed by atoms with Crippen LogP contribution in [0.4, 0.5) is 10.5 Å². The Kier molecular flexibility index (Phi) is 5.07. The fraction of sp³-hybridized carbons (Fsp3) is 0.333. The van der Waals surface area contributed by atoms with E-state index in [1.165, 1.54) is 5.39 Å². The van der Waals surface area contributed by atoms with Crippen molar-refractivity contribution in [1.29, 1.82) is 0 Å². The molecule has 1 aliphatic rings. The number of amides is 2. The molecule has 3 aromatic rings. The van der Waals surface area contributed by atoms with Gasteiger partial charge in [-0.05, 0) is 36.2 Å². The lowest BCUT2D eigenvalue weighted by Gasteiger charge is -2.22. The topological polar surface area (TPSA) is 61.6 Å². The maximum Gasteiger partial charge on any atom is 0.321 e. The van der Waals surface area contributed by atoms with Gasteiger partial charge in [0.15, 0.2) is 0 Å². The molecular formula is C21H24N4O2. The molecule has 0 spiro atoms. The Morgan fingerprint density at radius 3 is 2.74 bits per heavy atom. The summed E-state index contributed by atoms with van der Waals surface area (Å²) in [5.74, 6) is 0.830. The Labute approximate surface area is 158 Å². The first-order valence-electron chi connectivity index (χ1n) is 9.37. The number of benzene rings is 2. The first-order valence-corrected chi connectivity index (χ1v) is 9.37. The minimum atomic E-state index is -0.0376. The van der Waals surface area contributed by atoms with E-state index in [1.54, 1.807) is 0 Å². The van der Waals surface area contributed by atoms with Crippen LogP contribution in [0.5, 0.6) is 0 Å². The molecule has 2 amide bonds. The summed E-state index contributed by atoms with van der Waals surface area (Å²) in [6.45, 7) is 5.90. The maximum atomic E-state index is 12.7. The van der Waals surface area contributed by atoms with Gasteiger partial charge in [0.1, 0.15) is 5.76 Å². The van der Waals surface area contributed by atoms with Crippen LogP contribution in [0.1, 0.15) is 17.9 Å². The maximum absolute atomic E-state index is 12.7. The zero-order chi connectivity index (χ0) is 18.6. The summed E-state index contributed by atoms with van der Waals surface area (Å²) in [6.07, 6.45) is 0.946. The second-order valence-electron chi connectivity index (χ2n) is 7.04. The van der Waals surface area contributed by atoms with E-state index in [0.29, 0.717) is 6.54 Å². The molecule has 4 rings (SSSR count). The Bertz CT molecular complexity index is 937. The Balaban J connectivity index is 1.35. The number of nitrogens with zero attached hydrogens (tertiary/aromatic N) is 3. The number of aryl methyl sites for hydroxylation is 1. The molecule has 0 radical (unpaired) electrons. The molecule has 6 nitrogen and oxygen atoms in total. The monoisotopic (exact) mass is 364 g/mol. The average molecular weight is 364 g/mol. The van der Waals surface area contributed by atoms with Gasteiger partial charge in [0.05, 0.1) is 5.69 Å². The van der Waals surface area contributed by atoms with Crippen LogP contribution in [-0.4, -0.2) is 47.2 Å². The normalized spacial score (nSPS) is 15.7. The lowest BCUT2D eigenvalue weighted by Crippen LogP contribution is -2.38. The van der Waals surface area contributed by atoms with E-state index in [4.69, 9.17) is 4.52 Å². The smallest absolute Gasteiger partial charge is 0.321 e. The highest BCUT2D eigenvalue weighted by Gasteiger charge is 2.20. The van der Waals surface area contributed by atoms with Crippen LogP contribution in [0.25, 0.3) is 10.8 Å². The highest BCUT2D eigenvalue weighted by atomic mass is 16.5. The molecule has 6 heteroatoms. The summed E-state index contributed by atoms with van der Waals surface area (Å²) in [7, 11) is 0. The standard InChI is InChI=1S/C21H24N4O2/c1-16-13-20(23-27-16)15-24-9-4-10-25(12-11-24)21(26)22-19-8-7-17-5-2-3-6-18(17)14-19/h2-3,5-8,13-14H,4,9-12,15H2,1H3,(H,22,26). The van der Waals surface area contributed by atoms with Gasteiger partial charge in [0.2, 0.25) is 0 Å². The third kappa shape index (κ3) is 4.28. The second kappa shape index (κ2) is 7.80. The fourth-order valence-corrected chi connectivity index (χ4v) is 3.52. The molecule has 1 fully saturated rings. The minimum Gasteiger partial charge on any atom is -0.361 e. The quantitative estimate of drug-likeness (QED) is 0.766. The molecule has 2 aromatic carbocycles. The zero-order valence-corrected chi connectivity index (χ0v) is 15.5. The van der Waals surface area contributed by atoms with Crippen molar-refractivity contribution in [2.45, 2.75) is 19.9 Å². The van der Waals surface area contributed by atoms with Crippen molar-refractivity contribution >= 4 is 22.5 Å². The first-order chi connectivity index (χ1) is 13.2. The van der Waals surface area contributed by atoms with Gasteiger partial charge in [0, 0.05) is 44.5 Å². The third-order valence-corrected chi connectivity index (χ3v) is 4.94. The molecule has 2 heterocycles. The summed E-state index contributed by atoms with van der Waals surface area (Å²) in [6, 6.07) is 16.1. The summed E-state index contributed by atoms with van der Waals surface area (Å²) >= 11 is 0. The largest absolute Gasteiger partial charge is 0.361 e. The van der Waals surface area contributed by atoms with Gasteiger partial charge < -0.3 is 14.7 Å². The van der Waals surface area contributed by atoms with Crippen molar-refractivity contribution in [3.8, 4) is 0 Å². The number of urea groups is 1. The summed E-state index contributed by atoms with van der Waals surface area (Å²) < 4.78 is 5.14. The molecule has 0 saturated carbocycles. The number of aromatic nitrogens is 1. The summed E-state index contributed by atoms with van der Waals surface area (Å²) in [5, 5.41) is 9.40. The van der Waals surface area contributed by atoms with Gasteiger partial charge in [-0.15, -0.1) is 0 Å². The Morgan fingerprint density at radius 1 is 1.07 bits per heavy atom. The third-order valence-electron chi connectivity index (χ3n) is 4.94. The van der Waals surface area contributed by atoms with Gasteiger partial charge in [-0.3, -0.25) is 4.90 Å². The number of hydrogen-bond acceptors (Lipinski definition) is 4. The van der Waals surface area contributed by atoms with E-state index in [2.05, 4.69) is 27.5 Å². The molecule has 0 bridgehead atoms. The molecular weight excluding hydrogens is 340 g/mol. The Hall–Kier alpha value is -2.86. The molecule has 1 aliphatic heterocycles. The van der Waals surface area contributed by atoms with Gasteiger partial charge in [-0.25, -0.2) is 4.79 Å². The van der Waals surface area contributed by atoms with Crippen molar-refractivity contribution in [3.05, 3.63) is 60.0 Å². The molecule has 140 valence electrons. The molecule has 1 saturated heterocycles. The lowest BCUT2D eigenvalue weighted by atomic mass is 10.1. The Morgan fingerprint density at radius 2 is 1.93 bits per heavy atom. The van der Waals surface area contributed by atoms with Crippen molar-refractivity contribution in [2.24, 2.45) is 0 Å². The van der Waals surface area contributed by atoms with Crippen LogP contribution in [0, 0.1) is 6.92 Å². The van der Waals surface area contributed by atoms with E-state index in [1.807, 2.05) is 48.2 Å². The van der Waals surface area contributed by atoms with E-state index in [0.717, 1.165) is 55.1 Å². The van der Waals surface area contributed by atoms with Crippen LogP contribution >= 0.6 is 0 Å². The SMILES string of the molecule is Cc1cc(CN2CCCN(C(=O)Nc3ccc4ccccc4c3)CC2)no1. The number of hydrogen-bond donors (Lipinski definition) is 1. The number of fused-ring (bicyclic) bond motifs is 1.